The highest BCUT2D eigenvalue weighted by Gasteiger charge is 2.33. The highest BCUT2D eigenvalue weighted by Crippen LogP contribution is 2.27. The number of nitrogens with zero attached hydrogens (tertiary/aromatic N) is 3. The summed E-state index contributed by atoms with van der Waals surface area (Å²) in [7, 11) is 0.474. The summed E-state index contributed by atoms with van der Waals surface area (Å²) >= 11 is 0. The monoisotopic (exact) mass is 471 g/mol. The van der Waals surface area contributed by atoms with Gasteiger partial charge in [-0.25, -0.2) is 8.42 Å². The van der Waals surface area contributed by atoms with E-state index in [9.17, 15) is 13.2 Å². The van der Waals surface area contributed by atoms with Gasteiger partial charge in [0.25, 0.3) is 0 Å². The topological polar surface area (TPSA) is 60.9 Å². The summed E-state index contributed by atoms with van der Waals surface area (Å²) in [6.45, 7) is 8.12. The highest BCUT2D eigenvalue weighted by atomic mass is 32.2. The molecule has 6 nitrogen and oxygen atoms in total. The second kappa shape index (κ2) is 10.7. The van der Waals surface area contributed by atoms with Crippen molar-refractivity contribution in [1.82, 2.24) is 9.21 Å². The molecule has 33 heavy (non-hydrogen) atoms. The van der Waals surface area contributed by atoms with Gasteiger partial charge >= 0.3 is 0 Å². The molecular formula is C26H37N3O3S. The van der Waals surface area contributed by atoms with Crippen molar-refractivity contribution < 1.29 is 13.2 Å². The Morgan fingerprint density at radius 2 is 1.58 bits per heavy atom. The zero-order chi connectivity index (χ0) is 24.2. The van der Waals surface area contributed by atoms with Gasteiger partial charge in [0, 0.05) is 51.9 Å². The van der Waals surface area contributed by atoms with Crippen molar-refractivity contribution in [3.8, 4) is 0 Å². The van der Waals surface area contributed by atoms with E-state index in [2.05, 4.69) is 38.1 Å². The predicted octanol–water partition coefficient (Wildman–Crippen LogP) is 4.33. The maximum Gasteiger partial charge on any atom is 0.243 e. The lowest BCUT2D eigenvalue weighted by molar-refractivity contribution is -0.137. The van der Waals surface area contributed by atoms with Crippen LogP contribution in [0.15, 0.2) is 53.4 Å². The fraction of sp³-hybridized carbons (Fsp3) is 0.500. The molecule has 0 atom stereocenters. The molecule has 180 valence electrons. The van der Waals surface area contributed by atoms with Crippen molar-refractivity contribution in [2.24, 2.45) is 5.92 Å². The lowest BCUT2D eigenvalue weighted by atomic mass is 9.96. The van der Waals surface area contributed by atoms with Crippen LogP contribution in [0.25, 0.3) is 0 Å². The first-order valence-electron chi connectivity index (χ1n) is 11.8. The number of rotatable bonds is 8. The van der Waals surface area contributed by atoms with Crippen LogP contribution in [-0.4, -0.2) is 57.3 Å². The van der Waals surface area contributed by atoms with Crippen LogP contribution in [-0.2, 0) is 21.4 Å². The smallest absolute Gasteiger partial charge is 0.243 e. The molecule has 1 aliphatic rings. The molecule has 2 aromatic carbocycles. The molecule has 0 N–H and O–H groups in total. The summed E-state index contributed by atoms with van der Waals surface area (Å²) in [6.07, 6.45) is 1.11. The normalized spacial score (nSPS) is 15.6. The molecule has 0 bridgehead atoms. The number of hydrogen-bond acceptors (Lipinski definition) is 4. The second-order valence-corrected chi connectivity index (χ2v) is 11.3. The standard InChI is InChI=1S/C26H37N3O3S/c1-6-28(19-21-7-11-24(12-8-21)27(4)5)26(30)23-15-17-29(18-16-23)33(31,32)25-13-9-22(10-14-25)20(2)3/h7-14,20,23H,6,15-19H2,1-5H3. The maximum absolute atomic E-state index is 13.2. The molecule has 0 spiro atoms. The third-order valence-electron chi connectivity index (χ3n) is 6.51. The number of carbonyl (C=O) groups is 1. The Morgan fingerprint density at radius 3 is 2.06 bits per heavy atom. The van der Waals surface area contributed by atoms with E-state index in [0.29, 0.717) is 49.8 Å². The van der Waals surface area contributed by atoms with Gasteiger partial charge in [-0.05, 0) is 61.1 Å². The van der Waals surface area contributed by atoms with Gasteiger partial charge in [-0.2, -0.15) is 4.31 Å². The molecule has 0 saturated carbocycles. The van der Waals surface area contributed by atoms with Crippen LogP contribution < -0.4 is 4.90 Å². The second-order valence-electron chi connectivity index (χ2n) is 9.32. The maximum atomic E-state index is 13.2. The van der Waals surface area contributed by atoms with Gasteiger partial charge in [0.2, 0.25) is 15.9 Å². The third kappa shape index (κ3) is 5.95. The van der Waals surface area contributed by atoms with Gasteiger partial charge in [-0.1, -0.05) is 38.1 Å². The van der Waals surface area contributed by atoms with Crippen LogP contribution in [0.5, 0.6) is 0 Å². The van der Waals surface area contributed by atoms with E-state index in [1.54, 1.807) is 12.1 Å². The molecule has 1 amide bonds. The zero-order valence-corrected chi connectivity index (χ0v) is 21.3. The van der Waals surface area contributed by atoms with Crippen LogP contribution in [0.1, 0.15) is 50.7 Å². The average Bonchev–Trinajstić information content (AvgIpc) is 2.82. The molecular weight excluding hydrogens is 434 g/mol. The molecule has 2 aromatic rings. The molecule has 1 fully saturated rings. The van der Waals surface area contributed by atoms with E-state index in [1.807, 2.05) is 43.0 Å². The van der Waals surface area contributed by atoms with Crippen molar-refractivity contribution in [1.29, 1.82) is 0 Å². The molecule has 1 heterocycles. The molecule has 1 saturated heterocycles. The summed E-state index contributed by atoms with van der Waals surface area (Å²) in [5, 5.41) is 0. The molecule has 0 aliphatic carbocycles. The van der Waals surface area contributed by atoms with E-state index < -0.39 is 10.0 Å². The summed E-state index contributed by atoms with van der Waals surface area (Å²) < 4.78 is 27.7. The van der Waals surface area contributed by atoms with E-state index in [0.717, 1.165) is 16.8 Å². The van der Waals surface area contributed by atoms with Crippen LogP contribution >= 0.6 is 0 Å². The number of carbonyl (C=O) groups excluding carboxylic acids is 1. The minimum Gasteiger partial charge on any atom is -0.378 e. The molecule has 0 aromatic heterocycles. The quantitative estimate of drug-likeness (QED) is 0.575. The Bertz CT molecular complexity index is 1020. The Morgan fingerprint density at radius 1 is 1.00 bits per heavy atom. The number of anilines is 1. The fourth-order valence-corrected chi connectivity index (χ4v) is 5.71. The number of benzene rings is 2. The van der Waals surface area contributed by atoms with E-state index in [-0.39, 0.29) is 11.8 Å². The van der Waals surface area contributed by atoms with Crippen LogP contribution in [0.2, 0.25) is 0 Å². The average molecular weight is 472 g/mol. The van der Waals surface area contributed by atoms with Crippen molar-refractivity contribution >= 4 is 21.6 Å². The van der Waals surface area contributed by atoms with E-state index in [4.69, 9.17) is 0 Å². The van der Waals surface area contributed by atoms with Crippen molar-refractivity contribution in [2.75, 3.05) is 38.6 Å². The van der Waals surface area contributed by atoms with E-state index in [1.165, 1.54) is 4.31 Å². The van der Waals surface area contributed by atoms with Gasteiger partial charge < -0.3 is 9.80 Å². The third-order valence-corrected chi connectivity index (χ3v) is 8.42. The number of piperidine rings is 1. The van der Waals surface area contributed by atoms with Gasteiger partial charge in [0.15, 0.2) is 0 Å². The van der Waals surface area contributed by atoms with Crippen LogP contribution in [0.3, 0.4) is 0 Å². The van der Waals surface area contributed by atoms with Crippen LogP contribution in [0, 0.1) is 5.92 Å². The van der Waals surface area contributed by atoms with Gasteiger partial charge in [-0.3, -0.25) is 4.79 Å². The summed E-state index contributed by atoms with van der Waals surface area (Å²) in [4.78, 5) is 17.4. The summed E-state index contributed by atoms with van der Waals surface area (Å²) in [5.41, 5.74) is 3.34. The Hall–Kier alpha value is -2.38. The first-order chi connectivity index (χ1) is 15.6. The number of hydrogen-bond donors (Lipinski definition) is 0. The zero-order valence-electron chi connectivity index (χ0n) is 20.5. The van der Waals surface area contributed by atoms with Crippen LogP contribution in [0.4, 0.5) is 5.69 Å². The Balaban J connectivity index is 1.61. The number of sulfonamides is 1. The first kappa shape index (κ1) is 25.2. The van der Waals surface area contributed by atoms with Crippen molar-refractivity contribution in [2.45, 2.75) is 51.0 Å². The summed E-state index contributed by atoms with van der Waals surface area (Å²) in [6, 6.07) is 15.4. The van der Waals surface area contributed by atoms with E-state index >= 15 is 0 Å². The van der Waals surface area contributed by atoms with Crippen molar-refractivity contribution in [3.63, 3.8) is 0 Å². The Kier molecular flexibility index (Phi) is 8.19. The minimum absolute atomic E-state index is 0.118. The number of amides is 1. The lowest BCUT2D eigenvalue weighted by Crippen LogP contribution is -2.44. The first-order valence-corrected chi connectivity index (χ1v) is 13.2. The highest BCUT2D eigenvalue weighted by molar-refractivity contribution is 7.89. The Labute approximate surface area is 199 Å². The lowest BCUT2D eigenvalue weighted by Gasteiger charge is -2.33. The molecule has 0 radical (unpaired) electrons. The SMILES string of the molecule is CCN(Cc1ccc(N(C)C)cc1)C(=O)C1CCN(S(=O)(=O)c2ccc(C(C)C)cc2)CC1. The molecule has 7 heteroatoms. The van der Waals surface area contributed by atoms with Crippen molar-refractivity contribution in [3.05, 3.63) is 59.7 Å². The van der Waals surface area contributed by atoms with Gasteiger partial charge in [0.1, 0.15) is 0 Å². The largest absolute Gasteiger partial charge is 0.378 e. The van der Waals surface area contributed by atoms with Gasteiger partial charge in [-0.15, -0.1) is 0 Å². The van der Waals surface area contributed by atoms with Gasteiger partial charge in [0.05, 0.1) is 4.90 Å². The predicted molar refractivity (Wildman–Crippen MR) is 134 cm³/mol. The molecule has 3 rings (SSSR count). The molecule has 1 aliphatic heterocycles. The fourth-order valence-electron chi connectivity index (χ4n) is 4.24. The summed E-state index contributed by atoms with van der Waals surface area (Å²) in [5.74, 6) is 0.337. The molecule has 0 unspecified atom stereocenters. The minimum atomic E-state index is -3.53.